The predicted molar refractivity (Wildman–Crippen MR) is 72.4 cm³/mol. The molecule has 1 rings (SSSR count). The molecule has 1 aromatic rings. The van der Waals surface area contributed by atoms with Crippen molar-refractivity contribution < 1.29 is 4.79 Å². The molecule has 17 heavy (non-hydrogen) atoms. The summed E-state index contributed by atoms with van der Waals surface area (Å²) in [5, 5.41) is 6.20. The van der Waals surface area contributed by atoms with Crippen molar-refractivity contribution in [1.29, 1.82) is 0 Å². The molecular weight excluding hydrogens is 212 g/mol. The number of amides is 1. The van der Waals surface area contributed by atoms with Gasteiger partial charge in [-0.2, -0.15) is 0 Å². The van der Waals surface area contributed by atoms with E-state index in [4.69, 9.17) is 0 Å². The molecule has 0 aliphatic carbocycles. The van der Waals surface area contributed by atoms with Crippen LogP contribution in [0.4, 0.5) is 5.69 Å². The molecule has 0 aliphatic rings. The second kappa shape index (κ2) is 6.94. The van der Waals surface area contributed by atoms with E-state index in [9.17, 15) is 4.79 Å². The van der Waals surface area contributed by atoms with Gasteiger partial charge in [0, 0.05) is 23.8 Å². The molecule has 94 valence electrons. The molecule has 0 fully saturated rings. The van der Waals surface area contributed by atoms with Crippen LogP contribution >= 0.6 is 0 Å². The maximum atomic E-state index is 11.7. The van der Waals surface area contributed by atoms with Gasteiger partial charge in [-0.3, -0.25) is 4.79 Å². The molecule has 1 aromatic carbocycles. The number of carbonyl (C=O) groups excluding carboxylic acids is 1. The molecule has 0 aliphatic heterocycles. The predicted octanol–water partition coefficient (Wildman–Crippen LogP) is 3.04. The van der Waals surface area contributed by atoms with E-state index in [-0.39, 0.29) is 5.91 Å². The Hall–Kier alpha value is -1.51. The van der Waals surface area contributed by atoms with E-state index in [1.54, 1.807) is 0 Å². The molecule has 0 bridgehead atoms. The molecule has 0 spiro atoms. The number of anilines is 1. The van der Waals surface area contributed by atoms with Gasteiger partial charge in [-0.1, -0.05) is 19.4 Å². The number of hydrogen-bond acceptors (Lipinski definition) is 2. The van der Waals surface area contributed by atoms with Gasteiger partial charge >= 0.3 is 0 Å². The van der Waals surface area contributed by atoms with Crippen LogP contribution in [0.1, 0.15) is 44.0 Å². The highest BCUT2D eigenvalue weighted by Crippen LogP contribution is 2.13. The van der Waals surface area contributed by atoms with Crippen LogP contribution in [0.2, 0.25) is 0 Å². The third-order valence-electron chi connectivity index (χ3n) is 2.60. The number of carbonyl (C=O) groups is 1. The third-order valence-corrected chi connectivity index (χ3v) is 2.60. The van der Waals surface area contributed by atoms with Crippen LogP contribution in [0, 0.1) is 0 Å². The Morgan fingerprint density at radius 1 is 1.35 bits per heavy atom. The summed E-state index contributed by atoms with van der Waals surface area (Å²) in [5.74, 6) is -0.0145. The zero-order valence-corrected chi connectivity index (χ0v) is 10.9. The van der Waals surface area contributed by atoms with Gasteiger partial charge in [0.05, 0.1) is 0 Å². The summed E-state index contributed by atoms with van der Waals surface area (Å²) < 4.78 is 0. The maximum absolute atomic E-state index is 11.7. The summed E-state index contributed by atoms with van der Waals surface area (Å²) in [6, 6.07) is 8.07. The topological polar surface area (TPSA) is 41.1 Å². The van der Waals surface area contributed by atoms with Crippen LogP contribution in [0.25, 0.3) is 0 Å². The fraction of sp³-hybridized carbons (Fsp3) is 0.500. The molecule has 0 saturated carbocycles. The van der Waals surface area contributed by atoms with E-state index in [1.807, 2.05) is 31.2 Å². The maximum Gasteiger partial charge on any atom is 0.251 e. The number of hydrogen-bond donors (Lipinski definition) is 2. The number of rotatable bonds is 6. The van der Waals surface area contributed by atoms with E-state index in [0.717, 1.165) is 18.5 Å². The standard InChI is InChI=1S/C14H22N2O/c1-4-7-11(3)16-13-9-6-8-12(10-13)14(17)15-5-2/h6,8-11,16H,4-5,7H2,1-3H3,(H,15,17). The van der Waals surface area contributed by atoms with Gasteiger partial charge in [-0.15, -0.1) is 0 Å². The summed E-state index contributed by atoms with van der Waals surface area (Å²) in [6.45, 7) is 6.90. The first-order chi connectivity index (χ1) is 8.17. The smallest absolute Gasteiger partial charge is 0.251 e. The van der Waals surface area contributed by atoms with Gasteiger partial charge in [0.25, 0.3) is 5.91 Å². The van der Waals surface area contributed by atoms with Crippen molar-refractivity contribution in [1.82, 2.24) is 5.32 Å². The second-order valence-electron chi connectivity index (χ2n) is 4.27. The summed E-state index contributed by atoms with van der Waals surface area (Å²) in [5.41, 5.74) is 1.72. The molecule has 3 nitrogen and oxygen atoms in total. The Kier molecular flexibility index (Phi) is 5.53. The lowest BCUT2D eigenvalue weighted by atomic mass is 10.1. The van der Waals surface area contributed by atoms with Crippen LogP contribution in [0.5, 0.6) is 0 Å². The van der Waals surface area contributed by atoms with Gasteiger partial charge in [0.1, 0.15) is 0 Å². The minimum atomic E-state index is -0.0145. The quantitative estimate of drug-likeness (QED) is 0.794. The van der Waals surface area contributed by atoms with Gasteiger partial charge in [-0.05, 0) is 38.5 Å². The highest BCUT2D eigenvalue weighted by Gasteiger charge is 2.06. The summed E-state index contributed by atoms with van der Waals surface area (Å²) in [7, 11) is 0. The first kappa shape index (κ1) is 13.6. The van der Waals surface area contributed by atoms with Crippen molar-refractivity contribution in [3.63, 3.8) is 0 Å². The van der Waals surface area contributed by atoms with Crippen molar-refractivity contribution in [3.05, 3.63) is 29.8 Å². The van der Waals surface area contributed by atoms with Crippen LogP contribution in [0.3, 0.4) is 0 Å². The largest absolute Gasteiger partial charge is 0.383 e. The minimum absolute atomic E-state index is 0.0145. The molecule has 0 aromatic heterocycles. The number of benzene rings is 1. The molecular formula is C14H22N2O. The Morgan fingerprint density at radius 2 is 2.12 bits per heavy atom. The van der Waals surface area contributed by atoms with E-state index >= 15 is 0 Å². The molecule has 0 radical (unpaired) electrons. The fourth-order valence-corrected chi connectivity index (χ4v) is 1.80. The lowest BCUT2D eigenvalue weighted by Crippen LogP contribution is -2.23. The van der Waals surface area contributed by atoms with Crippen molar-refractivity contribution in [2.75, 3.05) is 11.9 Å². The Morgan fingerprint density at radius 3 is 2.76 bits per heavy atom. The highest BCUT2D eigenvalue weighted by molar-refractivity contribution is 5.95. The first-order valence-electron chi connectivity index (χ1n) is 6.32. The van der Waals surface area contributed by atoms with Crippen molar-refractivity contribution in [2.45, 2.75) is 39.7 Å². The molecule has 3 heteroatoms. The molecule has 0 heterocycles. The van der Waals surface area contributed by atoms with E-state index < -0.39 is 0 Å². The molecule has 1 amide bonds. The first-order valence-corrected chi connectivity index (χ1v) is 6.32. The van der Waals surface area contributed by atoms with Crippen molar-refractivity contribution in [2.24, 2.45) is 0 Å². The average Bonchev–Trinajstić information content (AvgIpc) is 2.30. The second-order valence-corrected chi connectivity index (χ2v) is 4.27. The summed E-state index contributed by atoms with van der Waals surface area (Å²) in [6.07, 6.45) is 2.29. The lowest BCUT2D eigenvalue weighted by Gasteiger charge is -2.14. The van der Waals surface area contributed by atoms with E-state index in [0.29, 0.717) is 18.2 Å². The van der Waals surface area contributed by atoms with Gasteiger partial charge in [-0.25, -0.2) is 0 Å². The van der Waals surface area contributed by atoms with Crippen LogP contribution < -0.4 is 10.6 Å². The van der Waals surface area contributed by atoms with E-state index in [1.165, 1.54) is 0 Å². The molecule has 1 unspecified atom stereocenters. The third kappa shape index (κ3) is 4.47. The van der Waals surface area contributed by atoms with Crippen LogP contribution in [-0.4, -0.2) is 18.5 Å². The van der Waals surface area contributed by atoms with Gasteiger partial charge in [0.2, 0.25) is 0 Å². The zero-order valence-electron chi connectivity index (χ0n) is 10.9. The highest BCUT2D eigenvalue weighted by atomic mass is 16.1. The van der Waals surface area contributed by atoms with Crippen LogP contribution in [0.15, 0.2) is 24.3 Å². The fourth-order valence-electron chi connectivity index (χ4n) is 1.80. The SMILES string of the molecule is CCCC(C)Nc1cccc(C(=O)NCC)c1. The average molecular weight is 234 g/mol. The molecule has 2 N–H and O–H groups in total. The Labute approximate surface area is 104 Å². The minimum Gasteiger partial charge on any atom is -0.383 e. The number of nitrogens with one attached hydrogen (secondary N) is 2. The Bertz CT molecular complexity index is 363. The molecule has 1 atom stereocenters. The zero-order chi connectivity index (χ0) is 12.7. The van der Waals surface area contributed by atoms with Crippen molar-refractivity contribution in [3.8, 4) is 0 Å². The normalized spacial score (nSPS) is 11.9. The van der Waals surface area contributed by atoms with Crippen molar-refractivity contribution >= 4 is 11.6 Å². The van der Waals surface area contributed by atoms with Crippen LogP contribution in [-0.2, 0) is 0 Å². The Balaban J connectivity index is 2.68. The van der Waals surface area contributed by atoms with Gasteiger partial charge < -0.3 is 10.6 Å². The lowest BCUT2D eigenvalue weighted by molar-refractivity contribution is 0.0956. The summed E-state index contributed by atoms with van der Waals surface area (Å²) in [4.78, 5) is 11.7. The van der Waals surface area contributed by atoms with Gasteiger partial charge in [0.15, 0.2) is 0 Å². The monoisotopic (exact) mass is 234 g/mol. The van der Waals surface area contributed by atoms with E-state index in [2.05, 4.69) is 24.5 Å². The molecule has 0 saturated heterocycles. The summed E-state index contributed by atoms with van der Waals surface area (Å²) >= 11 is 0.